The molecule has 0 aromatic heterocycles. The van der Waals surface area contributed by atoms with Gasteiger partial charge in [-0.15, -0.1) is 0 Å². The second-order valence-electron chi connectivity index (χ2n) is 5.46. The lowest BCUT2D eigenvalue weighted by Gasteiger charge is -2.32. The summed E-state index contributed by atoms with van der Waals surface area (Å²) in [6.07, 6.45) is 3.61. The van der Waals surface area contributed by atoms with E-state index in [4.69, 9.17) is 15.2 Å². The zero-order valence-corrected chi connectivity index (χ0v) is 12.7. The van der Waals surface area contributed by atoms with Crippen molar-refractivity contribution in [3.05, 3.63) is 24.3 Å². The molecule has 0 saturated heterocycles. The highest BCUT2D eigenvalue weighted by Gasteiger charge is 2.46. The van der Waals surface area contributed by atoms with Crippen LogP contribution in [0, 0.1) is 5.92 Å². The van der Waals surface area contributed by atoms with E-state index in [0.717, 1.165) is 37.2 Å². The number of benzene rings is 1. The first-order valence-corrected chi connectivity index (χ1v) is 7.38. The van der Waals surface area contributed by atoms with Gasteiger partial charge in [0.2, 0.25) is 5.91 Å². The molecule has 1 saturated carbocycles. The van der Waals surface area contributed by atoms with E-state index in [-0.39, 0.29) is 11.8 Å². The standard InChI is InChI=1S/C16H24N2O3/c1-18-16(15(17)19)10-5-6-12(16)9-11-21-14-8-4-3-7-13(14)20-2/h3-4,7-8,12,18H,5-6,9-11H2,1-2H3,(H2,17,19). The number of primary amides is 1. The Labute approximate surface area is 125 Å². The van der Waals surface area contributed by atoms with Crippen molar-refractivity contribution in [3.63, 3.8) is 0 Å². The van der Waals surface area contributed by atoms with Crippen LogP contribution in [0.1, 0.15) is 25.7 Å². The van der Waals surface area contributed by atoms with Crippen LogP contribution in [-0.4, -0.2) is 32.2 Å². The maximum atomic E-state index is 11.8. The zero-order valence-electron chi connectivity index (χ0n) is 12.7. The third-order valence-corrected chi connectivity index (χ3v) is 4.50. The van der Waals surface area contributed by atoms with Gasteiger partial charge in [-0.05, 0) is 44.4 Å². The molecule has 5 nitrogen and oxygen atoms in total. The maximum absolute atomic E-state index is 11.8. The van der Waals surface area contributed by atoms with Crippen molar-refractivity contribution in [3.8, 4) is 11.5 Å². The molecule has 2 atom stereocenters. The molecule has 1 aromatic rings. The summed E-state index contributed by atoms with van der Waals surface area (Å²) >= 11 is 0. The number of hydrogen-bond donors (Lipinski definition) is 2. The lowest BCUT2D eigenvalue weighted by molar-refractivity contribution is -0.125. The Bertz CT molecular complexity index is 492. The van der Waals surface area contributed by atoms with Gasteiger partial charge in [-0.3, -0.25) is 4.79 Å². The predicted molar refractivity (Wildman–Crippen MR) is 81.4 cm³/mol. The summed E-state index contributed by atoms with van der Waals surface area (Å²) in [7, 11) is 3.43. The molecule has 1 fully saturated rings. The normalized spacial score (nSPS) is 24.8. The van der Waals surface area contributed by atoms with Gasteiger partial charge >= 0.3 is 0 Å². The summed E-state index contributed by atoms with van der Waals surface area (Å²) in [5.41, 5.74) is 5.02. The molecule has 3 N–H and O–H groups in total. The fraction of sp³-hybridized carbons (Fsp3) is 0.562. The van der Waals surface area contributed by atoms with Crippen LogP contribution >= 0.6 is 0 Å². The maximum Gasteiger partial charge on any atom is 0.238 e. The summed E-state index contributed by atoms with van der Waals surface area (Å²) in [6, 6.07) is 7.57. The van der Waals surface area contributed by atoms with Crippen molar-refractivity contribution in [1.29, 1.82) is 0 Å². The number of nitrogens with one attached hydrogen (secondary N) is 1. The number of methoxy groups -OCH3 is 1. The van der Waals surface area contributed by atoms with Gasteiger partial charge in [-0.2, -0.15) is 0 Å². The molecule has 0 radical (unpaired) electrons. The highest BCUT2D eigenvalue weighted by molar-refractivity contribution is 5.85. The van der Waals surface area contributed by atoms with Gasteiger partial charge in [0.1, 0.15) is 5.54 Å². The third-order valence-electron chi connectivity index (χ3n) is 4.50. The van der Waals surface area contributed by atoms with E-state index >= 15 is 0 Å². The number of likely N-dealkylation sites (N-methyl/N-ethyl adjacent to an activating group) is 1. The number of ether oxygens (including phenoxy) is 2. The molecule has 0 heterocycles. The van der Waals surface area contributed by atoms with Crippen LogP contribution in [0.5, 0.6) is 11.5 Å². The Morgan fingerprint density at radius 1 is 1.43 bits per heavy atom. The van der Waals surface area contributed by atoms with E-state index in [1.807, 2.05) is 31.3 Å². The molecule has 1 aliphatic carbocycles. The average molecular weight is 292 g/mol. The minimum absolute atomic E-state index is 0.217. The fourth-order valence-electron chi connectivity index (χ4n) is 3.29. The van der Waals surface area contributed by atoms with Gasteiger partial charge in [0, 0.05) is 0 Å². The number of para-hydroxylation sites is 2. The number of hydrogen-bond acceptors (Lipinski definition) is 4. The molecule has 5 heteroatoms. The summed E-state index contributed by atoms with van der Waals surface area (Å²) < 4.78 is 11.1. The molecule has 116 valence electrons. The highest BCUT2D eigenvalue weighted by Crippen LogP contribution is 2.38. The number of rotatable bonds is 7. The molecule has 0 spiro atoms. The smallest absolute Gasteiger partial charge is 0.238 e. The second-order valence-corrected chi connectivity index (χ2v) is 5.46. The van der Waals surface area contributed by atoms with Crippen molar-refractivity contribution in [2.75, 3.05) is 20.8 Å². The minimum Gasteiger partial charge on any atom is -0.493 e. The monoisotopic (exact) mass is 292 g/mol. The molecule has 2 rings (SSSR count). The predicted octanol–water partition coefficient (Wildman–Crippen LogP) is 1.71. The molecule has 0 aliphatic heterocycles. The first kappa shape index (κ1) is 15.6. The van der Waals surface area contributed by atoms with Gasteiger partial charge < -0.3 is 20.5 Å². The first-order chi connectivity index (χ1) is 10.1. The van der Waals surface area contributed by atoms with Crippen LogP contribution in [0.4, 0.5) is 0 Å². The largest absolute Gasteiger partial charge is 0.493 e. The van der Waals surface area contributed by atoms with Crippen LogP contribution in [0.25, 0.3) is 0 Å². The van der Waals surface area contributed by atoms with Gasteiger partial charge in [0.25, 0.3) is 0 Å². The van der Waals surface area contributed by atoms with Crippen LogP contribution in [-0.2, 0) is 4.79 Å². The number of carbonyl (C=O) groups is 1. The number of amides is 1. The number of carbonyl (C=O) groups excluding carboxylic acids is 1. The summed E-state index contributed by atoms with van der Waals surface area (Å²) in [5.74, 6) is 1.41. The second kappa shape index (κ2) is 6.80. The van der Waals surface area contributed by atoms with E-state index < -0.39 is 5.54 Å². The zero-order chi connectivity index (χ0) is 15.3. The molecule has 2 unspecified atom stereocenters. The molecule has 1 aliphatic rings. The van der Waals surface area contributed by atoms with Gasteiger partial charge in [0.05, 0.1) is 13.7 Å². The summed E-state index contributed by atoms with van der Waals surface area (Å²) in [6.45, 7) is 0.543. The number of nitrogens with two attached hydrogens (primary N) is 1. The first-order valence-electron chi connectivity index (χ1n) is 7.38. The minimum atomic E-state index is -0.579. The Morgan fingerprint density at radius 2 is 2.14 bits per heavy atom. The molecule has 0 bridgehead atoms. The Kier molecular flexibility index (Phi) is 5.07. The van der Waals surface area contributed by atoms with E-state index in [9.17, 15) is 4.79 Å². The van der Waals surface area contributed by atoms with Crippen molar-refractivity contribution in [1.82, 2.24) is 5.32 Å². The van der Waals surface area contributed by atoms with Crippen molar-refractivity contribution in [2.45, 2.75) is 31.2 Å². The Balaban J connectivity index is 1.95. The van der Waals surface area contributed by atoms with Crippen molar-refractivity contribution >= 4 is 5.91 Å². The van der Waals surface area contributed by atoms with Gasteiger partial charge in [-0.25, -0.2) is 0 Å². The van der Waals surface area contributed by atoms with E-state index in [2.05, 4.69) is 5.32 Å². The molecule has 21 heavy (non-hydrogen) atoms. The van der Waals surface area contributed by atoms with Gasteiger partial charge in [-0.1, -0.05) is 18.6 Å². The van der Waals surface area contributed by atoms with E-state index in [1.54, 1.807) is 7.11 Å². The van der Waals surface area contributed by atoms with Crippen LogP contribution in [0.2, 0.25) is 0 Å². The average Bonchev–Trinajstić information content (AvgIpc) is 2.92. The van der Waals surface area contributed by atoms with E-state index in [1.165, 1.54) is 0 Å². The van der Waals surface area contributed by atoms with Crippen molar-refractivity contribution in [2.24, 2.45) is 11.7 Å². The quantitative estimate of drug-likeness (QED) is 0.802. The molecule has 1 aromatic carbocycles. The Morgan fingerprint density at radius 3 is 2.76 bits per heavy atom. The SMILES string of the molecule is CNC1(C(N)=O)CCCC1CCOc1ccccc1OC. The Hall–Kier alpha value is -1.75. The fourth-order valence-corrected chi connectivity index (χ4v) is 3.29. The van der Waals surface area contributed by atoms with Crippen LogP contribution in [0.15, 0.2) is 24.3 Å². The van der Waals surface area contributed by atoms with Crippen LogP contribution < -0.4 is 20.5 Å². The highest BCUT2D eigenvalue weighted by atomic mass is 16.5. The summed E-state index contributed by atoms with van der Waals surface area (Å²) in [4.78, 5) is 11.8. The third kappa shape index (κ3) is 3.13. The summed E-state index contributed by atoms with van der Waals surface area (Å²) in [5, 5.41) is 3.14. The van der Waals surface area contributed by atoms with Gasteiger partial charge in [0.15, 0.2) is 11.5 Å². The molecular weight excluding hydrogens is 268 g/mol. The van der Waals surface area contributed by atoms with Crippen LogP contribution in [0.3, 0.4) is 0 Å². The molecular formula is C16H24N2O3. The molecule has 1 amide bonds. The topological polar surface area (TPSA) is 73.6 Å². The van der Waals surface area contributed by atoms with E-state index in [0.29, 0.717) is 6.61 Å². The van der Waals surface area contributed by atoms with Crippen molar-refractivity contribution < 1.29 is 14.3 Å². The lowest BCUT2D eigenvalue weighted by atomic mass is 9.84. The lowest BCUT2D eigenvalue weighted by Crippen LogP contribution is -2.56.